The number of aromatic nitrogens is 3. The number of hydrogen-bond donors (Lipinski definition) is 0. The van der Waals surface area contributed by atoms with Gasteiger partial charge in [-0.25, -0.2) is 4.98 Å². The van der Waals surface area contributed by atoms with Crippen LogP contribution in [0.25, 0.3) is 121 Å². The molecule has 13 rings (SSSR count). The molecule has 0 aliphatic carbocycles. The third-order valence-electron chi connectivity index (χ3n) is 12.9. The van der Waals surface area contributed by atoms with Crippen molar-refractivity contribution in [3.05, 3.63) is 224 Å². The van der Waals surface area contributed by atoms with Crippen LogP contribution in [-0.2, 0) is 0 Å². The van der Waals surface area contributed by atoms with E-state index in [0.717, 1.165) is 39.4 Å². The van der Waals surface area contributed by atoms with Crippen LogP contribution < -0.4 is 0 Å². The number of pyridine rings is 1. The van der Waals surface area contributed by atoms with Crippen molar-refractivity contribution in [2.45, 2.75) is 0 Å². The minimum Gasteiger partial charge on any atom is -0.309 e. The molecule has 0 fully saturated rings. The second kappa shape index (κ2) is 13.6. The highest BCUT2D eigenvalue weighted by atomic mass is 15.0. The number of para-hydroxylation sites is 2. The monoisotopic (exact) mass is 787 g/mol. The van der Waals surface area contributed by atoms with Gasteiger partial charge in [-0.15, -0.1) is 0 Å². The zero-order chi connectivity index (χ0) is 40.7. The molecule has 0 bridgehead atoms. The van der Waals surface area contributed by atoms with Crippen LogP contribution in [0.15, 0.2) is 224 Å². The quantitative estimate of drug-likeness (QED) is 0.159. The summed E-state index contributed by atoms with van der Waals surface area (Å²) in [5, 5.41) is 12.6. The van der Waals surface area contributed by atoms with Gasteiger partial charge in [0.15, 0.2) is 0 Å². The Morgan fingerprint density at radius 2 is 0.613 bits per heavy atom. The van der Waals surface area contributed by atoms with E-state index in [0.29, 0.717) is 0 Å². The second-order valence-electron chi connectivity index (χ2n) is 16.3. The molecule has 0 amide bonds. The summed E-state index contributed by atoms with van der Waals surface area (Å²) < 4.78 is 4.85. The van der Waals surface area contributed by atoms with E-state index in [1.165, 1.54) is 81.5 Å². The van der Waals surface area contributed by atoms with Gasteiger partial charge in [0, 0.05) is 38.4 Å². The molecule has 0 radical (unpaired) electrons. The summed E-state index contributed by atoms with van der Waals surface area (Å²) in [6, 6.07) is 81.6. The van der Waals surface area contributed by atoms with Crippen LogP contribution in [0.4, 0.5) is 0 Å². The lowest BCUT2D eigenvalue weighted by atomic mass is 9.94. The van der Waals surface area contributed by atoms with Gasteiger partial charge in [-0.3, -0.25) is 0 Å². The maximum absolute atomic E-state index is 5.19. The third kappa shape index (κ3) is 5.28. The van der Waals surface area contributed by atoms with E-state index in [-0.39, 0.29) is 0 Å². The lowest BCUT2D eigenvalue weighted by molar-refractivity contribution is 1.16. The fourth-order valence-electron chi connectivity index (χ4n) is 10.1. The van der Waals surface area contributed by atoms with Gasteiger partial charge in [0.05, 0.1) is 39.1 Å². The Balaban J connectivity index is 0.979. The zero-order valence-corrected chi connectivity index (χ0v) is 33.7. The summed E-state index contributed by atoms with van der Waals surface area (Å²) >= 11 is 0. The van der Waals surface area contributed by atoms with Gasteiger partial charge in [0.2, 0.25) is 0 Å². The molecule has 3 heteroatoms. The standard InChI is InChI=1S/C59H37N3/c1-3-15-38(16-4-1)54-36-43(37-55(60-54)39-17-5-2-6-18-39)62-57-26-14-12-24-50(57)53-34-41(28-32-59(53)62)40-27-31-58-52(33-40)49-23-11-13-25-56(49)61(58)42-29-30-48-46-21-8-7-19-44(46)45-20-9-10-22-47(45)51(48)35-42/h1-37H. The van der Waals surface area contributed by atoms with Crippen molar-refractivity contribution in [1.82, 2.24) is 14.1 Å². The first-order chi connectivity index (χ1) is 30.7. The van der Waals surface area contributed by atoms with Gasteiger partial charge in [-0.2, -0.15) is 0 Å². The van der Waals surface area contributed by atoms with E-state index < -0.39 is 0 Å². The Hall–Kier alpha value is -8.27. The van der Waals surface area contributed by atoms with Crippen molar-refractivity contribution in [1.29, 1.82) is 0 Å². The predicted molar refractivity (Wildman–Crippen MR) is 262 cm³/mol. The van der Waals surface area contributed by atoms with Gasteiger partial charge in [0.25, 0.3) is 0 Å². The third-order valence-corrected chi connectivity index (χ3v) is 12.9. The maximum atomic E-state index is 5.19. The van der Waals surface area contributed by atoms with Crippen molar-refractivity contribution >= 4 is 75.9 Å². The number of hydrogen-bond acceptors (Lipinski definition) is 1. The molecular formula is C59H37N3. The van der Waals surface area contributed by atoms with Crippen LogP contribution in [0.3, 0.4) is 0 Å². The van der Waals surface area contributed by atoms with Crippen LogP contribution in [0.1, 0.15) is 0 Å². The minimum absolute atomic E-state index is 0.947. The summed E-state index contributed by atoms with van der Waals surface area (Å²) in [5.74, 6) is 0. The molecule has 0 saturated heterocycles. The summed E-state index contributed by atoms with van der Waals surface area (Å²) in [6.45, 7) is 0. The summed E-state index contributed by atoms with van der Waals surface area (Å²) in [5.41, 5.74) is 13.4. The van der Waals surface area contributed by atoms with Gasteiger partial charge >= 0.3 is 0 Å². The number of benzene rings is 10. The molecule has 13 aromatic rings. The van der Waals surface area contributed by atoms with E-state index in [9.17, 15) is 0 Å². The molecule has 10 aromatic carbocycles. The summed E-state index contributed by atoms with van der Waals surface area (Å²) in [6.07, 6.45) is 0. The molecule has 3 heterocycles. The van der Waals surface area contributed by atoms with Gasteiger partial charge in [0.1, 0.15) is 0 Å². The van der Waals surface area contributed by atoms with E-state index in [4.69, 9.17) is 4.98 Å². The molecular weight excluding hydrogens is 751 g/mol. The van der Waals surface area contributed by atoms with Crippen LogP contribution in [0.5, 0.6) is 0 Å². The Kier molecular flexibility index (Phi) is 7.60. The Bertz CT molecular complexity index is 3820. The highest BCUT2D eigenvalue weighted by Crippen LogP contribution is 2.41. The van der Waals surface area contributed by atoms with Crippen LogP contribution >= 0.6 is 0 Å². The largest absolute Gasteiger partial charge is 0.309 e. The Morgan fingerprint density at radius 1 is 0.226 bits per heavy atom. The molecule has 0 aliphatic heterocycles. The molecule has 3 nitrogen and oxygen atoms in total. The lowest BCUT2D eigenvalue weighted by Gasteiger charge is -2.14. The molecule has 62 heavy (non-hydrogen) atoms. The van der Waals surface area contributed by atoms with E-state index in [1.807, 2.05) is 0 Å². The van der Waals surface area contributed by atoms with E-state index in [1.54, 1.807) is 0 Å². The molecule has 0 aliphatic rings. The number of nitrogens with zero attached hydrogens (tertiary/aromatic N) is 3. The van der Waals surface area contributed by atoms with E-state index >= 15 is 0 Å². The molecule has 3 aromatic heterocycles. The first-order valence-corrected chi connectivity index (χ1v) is 21.3. The average Bonchev–Trinajstić information content (AvgIpc) is 3.86. The Morgan fingerprint density at radius 3 is 1.11 bits per heavy atom. The van der Waals surface area contributed by atoms with Crippen molar-refractivity contribution in [3.8, 4) is 45.0 Å². The molecule has 288 valence electrons. The smallest absolute Gasteiger partial charge is 0.0730 e. The second-order valence-corrected chi connectivity index (χ2v) is 16.3. The average molecular weight is 788 g/mol. The van der Waals surface area contributed by atoms with Crippen LogP contribution in [0, 0.1) is 0 Å². The minimum atomic E-state index is 0.947. The molecule has 0 saturated carbocycles. The van der Waals surface area contributed by atoms with Gasteiger partial charge in [-0.05, 0) is 104 Å². The fraction of sp³-hybridized carbons (Fsp3) is 0. The Labute approximate surface area is 358 Å². The zero-order valence-electron chi connectivity index (χ0n) is 33.7. The highest BCUT2D eigenvalue weighted by Gasteiger charge is 2.19. The normalized spacial score (nSPS) is 11.9. The van der Waals surface area contributed by atoms with Crippen molar-refractivity contribution in [2.24, 2.45) is 0 Å². The summed E-state index contributed by atoms with van der Waals surface area (Å²) in [7, 11) is 0. The van der Waals surface area contributed by atoms with Crippen molar-refractivity contribution in [3.63, 3.8) is 0 Å². The number of rotatable bonds is 5. The van der Waals surface area contributed by atoms with Crippen molar-refractivity contribution in [2.75, 3.05) is 0 Å². The first kappa shape index (κ1) is 34.6. The molecule has 0 spiro atoms. The van der Waals surface area contributed by atoms with Crippen molar-refractivity contribution < 1.29 is 0 Å². The topological polar surface area (TPSA) is 22.8 Å². The van der Waals surface area contributed by atoms with Crippen LogP contribution in [-0.4, -0.2) is 14.1 Å². The molecule has 0 unspecified atom stereocenters. The van der Waals surface area contributed by atoms with Gasteiger partial charge in [-0.1, -0.05) is 164 Å². The highest BCUT2D eigenvalue weighted by molar-refractivity contribution is 6.25. The SMILES string of the molecule is c1ccc(-c2cc(-n3c4ccccc4c4cc(-c5ccc6c(c5)c5ccccc5n6-c5ccc6c7ccccc7c7ccccc7c6c5)ccc43)cc(-c3ccccc3)n2)cc1. The number of fused-ring (bicyclic) bond motifs is 12. The van der Waals surface area contributed by atoms with Crippen LogP contribution in [0.2, 0.25) is 0 Å². The molecule has 0 N–H and O–H groups in total. The first-order valence-electron chi connectivity index (χ1n) is 21.3. The lowest BCUT2D eigenvalue weighted by Crippen LogP contribution is -1.98. The maximum Gasteiger partial charge on any atom is 0.0730 e. The fourth-order valence-corrected chi connectivity index (χ4v) is 10.1. The predicted octanol–water partition coefficient (Wildman–Crippen LogP) is 15.7. The van der Waals surface area contributed by atoms with E-state index in [2.05, 4.69) is 234 Å². The van der Waals surface area contributed by atoms with Gasteiger partial charge < -0.3 is 9.13 Å². The summed E-state index contributed by atoms with van der Waals surface area (Å²) in [4.78, 5) is 5.19. The molecule has 0 atom stereocenters.